The van der Waals surface area contributed by atoms with Crippen molar-refractivity contribution < 1.29 is 18.3 Å². The van der Waals surface area contributed by atoms with E-state index in [0.29, 0.717) is 37.6 Å². The molecule has 0 bridgehead atoms. The molecule has 2 aromatic rings. The highest BCUT2D eigenvalue weighted by atomic mass is 19.1. The van der Waals surface area contributed by atoms with E-state index in [4.69, 9.17) is 4.74 Å². The van der Waals surface area contributed by atoms with E-state index < -0.39 is 23.1 Å². The van der Waals surface area contributed by atoms with Gasteiger partial charge in [-0.05, 0) is 26.0 Å². The number of benzene rings is 1. The third kappa shape index (κ3) is 3.92. The van der Waals surface area contributed by atoms with Crippen molar-refractivity contribution in [3.05, 3.63) is 53.0 Å². The van der Waals surface area contributed by atoms with Gasteiger partial charge in [-0.3, -0.25) is 4.79 Å². The Morgan fingerprint density at radius 1 is 1.16 bits per heavy atom. The van der Waals surface area contributed by atoms with E-state index in [-0.39, 0.29) is 6.10 Å². The van der Waals surface area contributed by atoms with Crippen LogP contribution in [-0.4, -0.2) is 40.0 Å². The molecule has 1 aliphatic rings. The zero-order valence-electron chi connectivity index (χ0n) is 14.1. The lowest BCUT2D eigenvalue weighted by Gasteiger charge is -2.32. The van der Waals surface area contributed by atoms with E-state index in [2.05, 4.69) is 9.97 Å². The van der Waals surface area contributed by atoms with Crippen LogP contribution in [-0.2, 0) is 0 Å². The Hall–Kier alpha value is -2.57. The van der Waals surface area contributed by atoms with Crippen LogP contribution in [0.25, 0.3) is 0 Å². The first-order valence-corrected chi connectivity index (χ1v) is 8.16. The quantitative estimate of drug-likeness (QED) is 0.856. The maximum atomic E-state index is 13.8. The van der Waals surface area contributed by atoms with Gasteiger partial charge < -0.3 is 9.64 Å². The average molecular weight is 347 g/mol. The van der Waals surface area contributed by atoms with Crippen molar-refractivity contribution in [3.63, 3.8) is 0 Å². The average Bonchev–Trinajstić information content (AvgIpc) is 2.54. The Bertz CT molecular complexity index is 749. The SMILES string of the molecule is Cc1cc(OC2CCN(C(=O)c3c(F)cccc3F)CC2)nc(C)n1. The fourth-order valence-electron chi connectivity index (χ4n) is 2.95. The van der Waals surface area contributed by atoms with Gasteiger partial charge in [0.15, 0.2) is 0 Å². The van der Waals surface area contributed by atoms with Crippen molar-refractivity contribution in [1.82, 2.24) is 14.9 Å². The van der Waals surface area contributed by atoms with E-state index in [1.165, 1.54) is 11.0 Å². The van der Waals surface area contributed by atoms with Gasteiger partial charge in [0.25, 0.3) is 5.91 Å². The van der Waals surface area contributed by atoms with Gasteiger partial charge in [-0.1, -0.05) is 6.07 Å². The van der Waals surface area contributed by atoms with Gasteiger partial charge in [0.05, 0.1) is 0 Å². The van der Waals surface area contributed by atoms with Crippen LogP contribution < -0.4 is 4.74 Å². The first kappa shape index (κ1) is 17.3. The lowest BCUT2D eigenvalue weighted by Crippen LogP contribution is -2.42. The third-order valence-corrected chi connectivity index (χ3v) is 4.14. The molecule has 132 valence electrons. The van der Waals surface area contributed by atoms with Crippen molar-refractivity contribution in [2.24, 2.45) is 0 Å². The molecule has 0 aliphatic carbocycles. The predicted octanol–water partition coefficient (Wildman–Crippen LogP) is 3.06. The van der Waals surface area contributed by atoms with Gasteiger partial charge in [-0.25, -0.2) is 13.8 Å². The number of aromatic nitrogens is 2. The number of amides is 1. The molecule has 7 heteroatoms. The molecule has 1 aliphatic heterocycles. The highest BCUT2D eigenvalue weighted by Gasteiger charge is 2.28. The summed E-state index contributed by atoms with van der Waals surface area (Å²) in [6, 6.07) is 5.18. The molecule has 0 radical (unpaired) electrons. The molecule has 1 saturated heterocycles. The number of nitrogens with zero attached hydrogens (tertiary/aromatic N) is 3. The van der Waals surface area contributed by atoms with Crippen molar-refractivity contribution in [1.29, 1.82) is 0 Å². The second-order valence-electron chi connectivity index (χ2n) is 6.10. The van der Waals surface area contributed by atoms with E-state index in [0.717, 1.165) is 17.8 Å². The van der Waals surface area contributed by atoms with Gasteiger partial charge in [0.2, 0.25) is 5.88 Å². The first-order valence-electron chi connectivity index (χ1n) is 8.16. The molecule has 0 N–H and O–H groups in total. The molecule has 1 aromatic carbocycles. The molecule has 0 saturated carbocycles. The third-order valence-electron chi connectivity index (χ3n) is 4.14. The maximum absolute atomic E-state index is 13.8. The van der Waals surface area contributed by atoms with Crippen molar-refractivity contribution in [2.75, 3.05) is 13.1 Å². The Morgan fingerprint density at radius 2 is 1.80 bits per heavy atom. The summed E-state index contributed by atoms with van der Waals surface area (Å²) < 4.78 is 33.4. The Morgan fingerprint density at radius 3 is 2.40 bits per heavy atom. The summed E-state index contributed by atoms with van der Waals surface area (Å²) in [6.07, 6.45) is 1.05. The molecule has 1 aromatic heterocycles. The number of carbonyl (C=O) groups excluding carboxylic acids is 1. The standard InChI is InChI=1S/C18H19F2N3O2/c1-11-10-16(22-12(2)21-11)25-13-6-8-23(9-7-13)18(24)17-14(19)4-3-5-15(17)20/h3-5,10,13H,6-9H2,1-2H3. The fraction of sp³-hybridized carbons (Fsp3) is 0.389. The zero-order valence-corrected chi connectivity index (χ0v) is 14.1. The first-order chi connectivity index (χ1) is 11.9. The minimum atomic E-state index is -0.838. The number of carbonyl (C=O) groups is 1. The van der Waals surface area contributed by atoms with Crippen LogP contribution in [0.3, 0.4) is 0 Å². The number of rotatable bonds is 3. The second-order valence-corrected chi connectivity index (χ2v) is 6.10. The normalized spacial score (nSPS) is 15.3. The number of aryl methyl sites for hydroxylation is 2. The van der Waals surface area contributed by atoms with Crippen LogP contribution in [0.1, 0.15) is 34.7 Å². The van der Waals surface area contributed by atoms with Crippen LogP contribution in [0, 0.1) is 25.5 Å². The molecule has 2 heterocycles. The monoisotopic (exact) mass is 347 g/mol. The number of likely N-dealkylation sites (tertiary alicyclic amines) is 1. The highest BCUT2D eigenvalue weighted by molar-refractivity contribution is 5.94. The fourth-order valence-corrected chi connectivity index (χ4v) is 2.95. The van der Waals surface area contributed by atoms with Crippen LogP contribution in [0.2, 0.25) is 0 Å². The molecular formula is C18H19F2N3O2. The van der Waals surface area contributed by atoms with Gasteiger partial charge in [0, 0.05) is 37.7 Å². The van der Waals surface area contributed by atoms with Crippen molar-refractivity contribution >= 4 is 5.91 Å². The Kier molecular flexibility index (Phi) is 4.92. The smallest absolute Gasteiger partial charge is 0.259 e. The van der Waals surface area contributed by atoms with Crippen LogP contribution in [0.5, 0.6) is 5.88 Å². The minimum absolute atomic E-state index is 0.0942. The van der Waals surface area contributed by atoms with Crippen LogP contribution in [0.4, 0.5) is 8.78 Å². The summed E-state index contributed by atoms with van der Waals surface area (Å²) >= 11 is 0. The minimum Gasteiger partial charge on any atom is -0.474 e. The van der Waals surface area contributed by atoms with E-state index >= 15 is 0 Å². The summed E-state index contributed by atoms with van der Waals surface area (Å²) in [5.74, 6) is -1.15. The summed E-state index contributed by atoms with van der Waals surface area (Å²) in [5, 5.41) is 0. The lowest BCUT2D eigenvalue weighted by molar-refractivity contribution is 0.0579. The Labute approximate surface area is 144 Å². The van der Waals surface area contributed by atoms with E-state index in [9.17, 15) is 13.6 Å². The number of halogens is 2. The van der Waals surface area contributed by atoms with Crippen molar-refractivity contribution in [3.8, 4) is 5.88 Å². The largest absolute Gasteiger partial charge is 0.474 e. The summed E-state index contributed by atoms with van der Waals surface area (Å²) in [4.78, 5) is 22.3. The van der Waals surface area contributed by atoms with Gasteiger partial charge in [-0.15, -0.1) is 0 Å². The molecule has 0 unspecified atom stereocenters. The summed E-state index contributed by atoms with van der Waals surface area (Å²) in [5.41, 5.74) is 0.328. The van der Waals surface area contributed by atoms with Crippen LogP contribution in [0.15, 0.2) is 24.3 Å². The van der Waals surface area contributed by atoms with Crippen LogP contribution >= 0.6 is 0 Å². The molecule has 5 nitrogen and oxygen atoms in total. The molecule has 25 heavy (non-hydrogen) atoms. The molecule has 0 atom stereocenters. The maximum Gasteiger partial charge on any atom is 0.259 e. The topological polar surface area (TPSA) is 55.3 Å². The van der Waals surface area contributed by atoms with Gasteiger partial charge in [-0.2, -0.15) is 4.98 Å². The van der Waals surface area contributed by atoms with E-state index in [1.807, 2.05) is 6.92 Å². The molecule has 1 fully saturated rings. The summed E-state index contributed by atoms with van der Waals surface area (Å²) in [7, 11) is 0. The number of hydrogen-bond donors (Lipinski definition) is 0. The van der Waals surface area contributed by atoms with Gasteiger partial charge in [0.1, 0.15) is 29.1 Å². The zero-order chi connectivity index (χ0) is 18.0. The van der Waals surface area contributed by atoms with E-state index in [1.54, 1.807) is 13.0 Å². The molecule has 1 amide bonds. The number of ether oxygens (including phenoxy) is 1. The van der Waals surface area contributed by atoms with Crippen molar-refractivity contribution in [2.45, 2.75) is 32.8 Å². The number of piperidine rings is 1. The van der Waals surface area contributed by atoms with Gasteiger partial charge >= 0.3 is 0 Å². The predicted molar refractivity (Wildman–Crippen MR) is 87.4 cm³/mol. The molecule has 0 spiro atoms. The lowest BCUT2D eigenvalue weighted by atomic mass is 10.1. The molecule has 3 rings (SSSR count). The summed E-state index contributed by atoms with van der Waals surface area (Å²) in [6.45, 7) is 4.41. The Balaban J connectivity index is 1.63. The number of hydrogen-bond acceptors (Lipinski definition) is 4. The highest BCUT2D eigenvalue weighted by Crippen LogP contribution is 2.21. The second kappa shape index (κ2) is 7.13. The molecular weight excluding hydrogens is 328 g/mol.